The highest BCUT2D eigenvalue weighted by molar-refractivity contribution is 6.04. The summed E-state index contributed by atoms with van der Waals surface area (Å²) in [7, 11) is 1.60. The predicted octanol–water partition coefficient (Wildman–Crippen LogP) is 4.35. The van der Waals surface area contributed by atoms with Crippen LogP contribution in [-0.2, 0) is 16.1 Å². The third-order valence-electron chi connectivity index (χ3n) is 4.51. The van der Waals surface area contributed by atoms with E-state index < -0.39 is 0 Å². The fourth-order valence-corrected chi connectivity index (χ4v) is 2.93. The third kappa shape index (κ3) is 5.45. The van der Waals surface area contributed by atoms with Crippen LogP contribution in [0.15, 0.2) is 60.7 Å². The van der Waals surface area contributed by atoms with Crippen LogP contribution >= 0.6 is 0 Å². The van der Waals surface area contributed by atoms with Crippen LogP contribution in [0.5, 0.6) is 5.75 Å². The zero-order valence-corrected chi connectivity index (χ0v) is 15.3. The van der Waals surface area contributed by atoms with E-state index in [0.29, 0.717) is 23.6 Å². The average Bonchev–Trinajstić information content (AvgIpc) is 3.20. The predicted molar refractivity (Wildman–Crippen MR) is 104 cm³/mol. The molecule has 0 saturated heterocycles. The Kier molecular flexibility index (Phi) is 6.26. The third-order valence-corrected chi connectivity index (χ3v) is 4.51. The van der Waals surface area contributed by atoms with Crippen molar-refractivity contribution >= 4 is 17.6 Å². The number of carbonyl (C=O) groups excluding carboxylic acids is 2. The Morgan fingerprint density at radius 3 is 2.44 bits per heavy atom. The van der Waals surface area contributed by atoms with Gasteiger partial charge in [-0.25, -0.2) is 0 Å². The number of rotatable bonds is 7. The average molecular weight is 365 g/mol. The molecule has 2 aromatic carbocycles. The van der Waals surface area contributed by atoms with Crippen molar-refractivity contribution in [3.8, 4) is 5.75 Å². The lowest BCUT2D eigenvalue weighted by Gasteiger charge is -2.09. The lowest BCUT2D eigenvalue weighted by molar-refractivity contribution is -0.145. The molecule has 5 heteroatoms. The minimum absolute atomic E-state index is 0.187. The molecule has 1 N–H and O–H groups in total. The smallest absolute Gasteiger partial charge is 0.306 e. The van der Waals surface area contributed by atoms with Crippen LogP contribution in [0, 0.1) is 5.92 Å². The second-order valence-electron chi connectivity index (χ2n) is 6.51. The fraction of sp³-hybridized carbons (Fsp3) is 0.273. The molecule has 0 radical (unpaired) electrons. The van der Waals surface area contributed by atoms with Gasteiger partial charge in [-0.2, -0.15) is 0 Å². The standard InChI is InChI=1S/C22H23NO4/c1-26-20-12-10-19(11-13-20)23-22(25)18-8-6-17(7-9-18)15-27-21(24)14-16-4-2-3-5-16/h2,4,6-13,16H,3,5,14-15H2,1H3,(H,23,25)/t16-/m1/s1. The Hall–Kier alpha value is -3.08. The summed E-state index contributed by atoms with van der Waals surface area (Å²) >= 11 is 0. The van der Waals surface area contributed by atoms with Crippen molar-refractivity contribution in [3.63, 3.8) is 0 Å². The van der Waals surface area contributed by atoms with E-state index in [1.54, 1.807) is 55.6 Å². The molecule has 2 aromatic rings. The van der Waals surface area contributed by atoms with E-state index in [1.165, 1.54) is 0 Å². The minimum atomic E-state index is -0.197. The van der Waals surface area contributed by atoms with Crippen molar-refractivity contribution in [2.75, 3.05) is 12.4 Å². The number of ether oxygens (including phenoxy) is 2. The van der Waals surface area contributed by atoms with Crippen molar-refractivity contribution in [2.24, 2.45) is 5.92 Å². The molecule has 0 aromatic heterocycles. The highest BCUT2D eigenvalue weighted by Gasteiger charge is 2.15. The second kappa shape index (κ2) is 9.03. The molecule has 0 unspecified atom stereocenters. The summed E-state index contributed by atoms with van der Waals surface area (Å²) in [4.78, 5) is 24.2. The highest BCUT2D eigenvalue weighted by Crippen LogP contribution is 2.21. The Morgan fingerprint density at radius 2 is 1.81 bits per heavy atom. The molecule has 1 aliphatic carbocycles. The van der Waals surface area contributed by atoms with Gasteiger partial charge < -0.3 is 14.8 Å². The van der Waals surface area contributed by atoms with Gasteiger partial charge in [-0.3, -0.25) is 9.59 Å². The zero-order chi connectivity index (χ0) is 19.1. The van der Waals surface area contributed by atoms with E-state index in [-0.39, 0.29) is 18.5 Å². The first-order valence-electron chi connectivity index (χ1n) is 9.00. The second-order valence-corrected chi connectivity index (χ2v) is 6.51. The van der Waals surface area contributed by atoms with Gasteiger partial charge in [0.2, 0.25) is 0 Å². The van der Waals surface area contributed by atoms with Crippen LogP contribution in [0.2, 0.25) is 0 Å². The van der Waals surface area contributed by atoms with E-state index in [0.717, 1.165) is 24.2 Å². The normalized spacial score (nSPS) is 15.4. The minimum Gasteiger partial charge on any atom is -0.497 e. The number of amides is 1. The zero-order valence-electron chi connectivity index (χ0n) is 15.3. The lowest BCUT2D eigenvalue weighted by atomic mass is 10.1. The van der Waals surface area contributed by atoms with Crippen LogP contribution in [0.25, 0.3) is 0 Å². The van der Waals surface area contributed by atoms with E-state index >= 15 is 0 Å². The van der Waals surface area contributed by atoms with Crippen LogP contribution in [0.4, 0.5) is 5.69 Å². The molecule has 3 rings (SSSR count). The van der Waals surface area contributed by atoms with E-state index in [4.69, 9.17) is 9.47 Å². The van der Waals surface area contributed by atoms with Crippen molar-refractivity contribution in [1.82, 2.24) is 0 Å². The molecular weight excluding hydrogens is 342 g/mol. The van der Waals surface area contributed by atoms with Crippen LogP contribution in [0.1, 0.15) is 35.2 Å². The van der Waals surface area contributed by atoms with Gasteiger partial charge in [0, 0.05) is 11.3 Å². The monoisotopic (exact) mass is 365 g/mol. The van der Waals surface area contributed by atoms with E-state index in [9.17, 15) is 9.59 Å². The van der Waals surface area contributed by atoms with E-state index in [2.05, 4.69) is 17.5 Å². The molecule has 140 valence electrons. The van der Waals surface area contributed by atoms with Gasteiger partial charge in [0.25, 0.3) is 5.91 Å². The summed E-state index contributed by atoms with van der Waals surface area (Å²) in [6.07, 6.45) is 6.68. The first-order valence-corrected chi connectivity index (χ1v) is 9.00. The van der Waals surface area contributed by atoms with Gasteiger partial charge in [-0.05, 0) is 60.7 Å². The molecule has 1 amide bonds. The summed E-state index contributed by atoms with van der Waals surface area (Å²) < 4.78 is 10.4. The van der Waals surface area contributed by atoms with Crippen LogP contribution < -0.4 is 10.1 Å². The van der Waals surface area contributed by atoms with Crippen LogP contribution in [-0.4, -0.2) is 19.0 Å². The summed E-state index contributed by atoms with van der Waals surface area (Å²) in [6.45, 7) is 0.218. The Labute approximate surface area is 159 Å². The van der Waals surface area contributed by atoms with Gasteiger partial charge in [-0.1, -0.05) is 24.3 Å². The van der Waals surface area contributed by atoms with Gasteiger partial charge in [0.05, 0.1) is 13.5 Å². The van der Waals surface area contributed by atoms with Gasteiger partial charge >= 0.3 is 5.97 Å². The highest BCUT2D eigenvalue weighted by atomic mass is 16.5. The topological polar surface area (TPSA) is 64.6 Å². The molecule has 0 spiro atoms. The first-order chi connectivity index (χ1) is 13.1. The molecule has 1 atom stereocenters. The molecule has 0 fully saturated rings. The Balaban J connectivity index is 1.49. The number of hydrogen-bond acceptors (Lipinski definition) is 4. The van der Waals surface area contributed by atoms with Crippen molar-refractivity contribution in [3.05, 3.63) is 71.8 Å². The van der Waals surface area contributed by atoms with Gasteiger partial charge in [0.15, 0.2) is 0 Å². The van der Waals surface area contributed by atoms with Crippen molar-refractivity contribution in [1.29, 1.82) is 0 Å². The first kappa shape index (κ1) is 18.7. The number of esters is 1. The molecule has 0 saturated carbocycles. The quantitative estimate of drug-likeness (QED) is 0.585. The summed E-state index contributed by atoms with van der Waals surface area (Å²) in [6, 6.07) is 14.2. The Bertz CT molecular complexity index is 809. The maximum absolute atomic E-state index is 12.3. The Morgan fingerprint density at radius 1 is 1.07 bits per heavy atom. The van der Waals surface area contributed by atoms with Crippen LogP contribution in [0.3, 0.4) is 0 Å². The number of benzene rings is 2. The van der Waals surface area contributed by atoms with Crippen molar-refractivity contribution < 1.29 is 19.1 Å². The molecule has 27 heavy (non-hydrogen) atoms. The maximum atomic E-state index is 12.3. The molecule has 0 aliphatic heterocycles. The van der Waals surface area contributed by atoms with Crippen molar-refractivity contribution in [2.45, 2.75) is 25.9 Å². The number of nitrogens with one attached hydrogen (secondary N) is 1. The number of methoxy groups -OCH3 is 1. The number of anilines is 1. The molecule has 5 nitrogen and oxygen atoms in total. The maximum Gasteiger partial charge on any atom is 0.306 e. The number of hydrogen-bond donors (Lipinski definition) is 1. The van der Waals surface area contributed by atoms with E-state index in [1.807, 2.05) is 0 Å². The van der Waals surface area contributed by atoms with Gasteiger partial charge in [-0.15, -0.1) is 0 Å². The lowest BCUT2D eigenvalue weighted by Crippen LogP contribution is -2.12. The SMILES string of the molecule is COc1ccc(NC(=O)c2ccc(COC(=O)C[C@@H]3C=CCC3)cc2)cc1. The largest absolute Gasteiger partial charge is 0.497 e. The summed E-state index contributed by atoms with van der Waals surface area (Å²) in [5, 5.41) is 2.83. The molecule has 1 aliphatic rings. The molecule has 0 bridgehead atoms. The molecule has 0 heterocycles. The number of carbonyl (C=O) groups is 2. The fourth-order valence-electron chi connectivity index (χ4n) is 2.93. The summed E-state index contributed by atoms with van der Waals surface area (Å²) in [5.41, 5.74) is 2.09. The number of allylic oxidation sites excluding steroid dienone is 2. The molecular formula is C22H23NO4. The van der Waals surface area contributed by atoms with Gasteiger partial charge in [0.1, 0.15) is 12.4 Å². The summed E-state index contributed by atoms with van der Waals surface area (Å²) in [5.74, 6) is 0.655.